The fourth-order valence-electron chi connectivity index (χ4n) is 0.739. The molecule has 0 saturated heterocycles. The molecule has 4 heteroatoms. The van der Waals surface area contributed by atoms with E-state index in [0.29, 0.717) is 4.88 Å². The van der Waals surface area contributed by atoms with Crippen molar-refractivity contribution in [3.8, 4) is 0 Å². The summed E-state index contributed by atoms with van der Waals surface area (Å²) in [4.78, 5) is 11.7. The van der Waals surface area contributed by atoms with Crippen molar-refractivity contribution < 1.29 is 9.53 Å². The highest BCUT2D eigenvalue weighted by Gasteiger charge is 2.11. The summed E-state index contributed by atoms with van der Waals surface area (Å²) in [5.74, 6) is -0.266. The van der Waals surface area contributed by atoms with Gasteiger partial charge in [-0.05, 0) is 34.5 Å². The first-order valence-corrected chi connectivity index (χ1v) is 5.60. The SMILES string of the molecule is CC.COC(=O)c1sc(Br)cc1C. The Labute approximate surface area is 91.0 Å². The van der Waals surface area contributed by atoms with Crippen molar-refractivity contribution >= 4 is 33.2 Å². The molecule has 1 aromatic rings. The van der Waals surface area contributed by atoms with Gasteiger partial charge in [-0.25, -0.2) is 4.79 Å². The molecule has 1 rings (SSSR count). The van der Waals surface area contributed by atoms with Crippen molar-refractivity contribution in [1.29, 1.82) is 0 Å². The third kappa shape index (κ3) is 3.48. The molecule has 0 aromatic carbocycles. The first-order valence-electron chi connectivity index (χ1n) is 3.99. The highest BCUT2D eigenvalue weighted by Crippen LogP contribution is 2.26. The first-order chi connectivity index (χ1) is 6.15. The fraction of sp³-hybridized carbons (Fsp3) is 0.444. The summed E-state index contributed by atoms with van der Waals surface area (Å²) >= 11 is 4.68. The molecule has 0 fully saturated rings. The molecule has 13 heavy (non-hydrogen) atoms. The monoisotopic (exact) mass is 264 g/mol. The molecular weight excluding hydrogens is 252 g/mol. The number of rotatable bonds is 1. The molecule has 0 aliphatic heterocycles. The maximum atomic E-state index is 11.0. The van der Waals surface area contributed by atoms with E-state index in [1.165, 1.54) is 18.4 Å². The minimum atomic E-state index is -0.266. The second-order valence-corrected chi connectivity index (χ2v) is 4.49. The maximum Gasteiger partial charge on any atom is 0.348 e. The molecule has 0 amide bonds. The number of aryl methyl sites for hydroxylation is 1. The number of halogens is 1. The van der Waals surface area contributed by atoms with Crippen LogP contribution in [0.3, 0.4) is 0 Å². The lowest BCUT2D eigenvalue weighted by Gasteiger charge is -1.94. The van der Waals surface area contributed by atoms with Crippen LogP contribution in [0.4, 0.5) is 0 Å². The van der Waals surface area contributed by atoms with Crippen LogP contribution in [-0.4, -0.2) is 13.1 Å². The van der Waals surface area contributed by atoms with Crippen LogP contribution in [0.25, 0.3) is 0 Å². The fourth-order valence-corrected chi connectivity index (χ4v) is 2.38. The van der Waals surface area contributed by atoms with Crippen molar-refractivity contribution in [2.75, 3.05) is 7.11 Å². The minimum Gasteiger partial charge on any atom is -0.465 e. The molecule has 0 aliphatic rings. The number of esters is 1. The molecule has 0 radical (unpaired) electrons. The molecule has 2 nitrogen and oxygen atoms in total. The van der Waals surface area contributed by atoms with Crippen LogP contribution in [0.5, 0.6) is 0 Å². The number of hydrogen-bond acceptors (Lipinski definition) is 3. The summed E-state index contributed by atoms with van der Waals surface area (Å²) in [5, 5.41) is 0. The van der Waals surface area contributed by atoms with Gasteiger partial charge in [0.05, 0.1) is 10.9 Å². The molecule has 1 aromatic heterocycles. The Morgan fingerprint density at radius 2 is 2.08 bits per heavy atom. The van der Waals surface area contributed by atoms with E-state index in [2.05, 4.69) is 20.7 Å². The average Bonchev–Trinajstić information content (AvgIpc) is 2.47. The zero-order valence-corrected chi connectivity index (χ0v) is 10.6. The lowest BCUT2D eigenvalue weighted by Crippen LogP contribution is -1.99. The van der Waals surface area contributed by atoms with Crippen molar-refractivity contribution in [2.24, 2.45) is 0 Å². The Morgan fingerprint density at radius 1 is 1.54 bits per heavy atom. The topological polar surface area (TPSA) is 26.3 Å². The van der Waals surface area contributed by atoms with Crippen LogP contribution in [0.1, 0.15) is 29.1 Å². The van der Waals surface area contributed by atoms with Gasteiger partial charge in [0.2, 0.25) is 0 Å². The van der Waals surface area contributed by atoms with Gasteiger partial charge in [0.25, 0.3) is 0 Å². The molecule has 0 atom stereocenters. The van der Waals surface area contributed by atoms with Gasteiger partial charge in [-0.15, -0.1) is 11.3 Å². The predicted molar refractivity (Wildman–Crippen MR) is 59.4 cm³/mol. The van der Waals surface area contributed by atoms with Gasteiger partial charge in [0.1, 0.15) is 4.88 Å². The van der Waals surface area contributed by atoms with Crippen LogP contribution >= 0.6 is 27.3 Å². The van der Waals surface area contributed by atoms with Crippen LogP contribution in [-0.2, 0) is 4.74 Å². The number of carbonyl (C=O) groups excluding carboxylic acids is 1. The lowest BCUT2D eigenvalue weighted by molar-refractivity contribution is 0.0605. The van der Waals surface area contributed by atoms with Gasteiger partial charge < -0.3 is 4.74 Å². The number of ether oxygens (including phenoxy) is 1. The molecule has 0 spiro atoms. The van der Waals surface area contributed by atoms with E-state index in [9.17, 15) is 4.79 Å². The van der Waals surface area contributed by atoms with Gasteiger partial charge in [-0.2, -0.15) is 0 Å². The third-order valence-electron chi connectivity index (χ3n) is 1.26. The van der Waals surface area contributed by atoms with Gasteiger partial charge in [0, 0.05) is 0 Å². The van der Waals surface area contributed by atoms with Crippen LogP contribution in [0.15, 0.2) is 9.85 Å². The van der Waals surface area contributed by atoms with Gasteiger partial charge in [0.15, 0.2) is 0 Å². The predicted octanol–water partition coefficient (Wildman–Crippen LogP) is 3.63. The zero-order valence-electron chi connectivity index (χ0n) is 8.18. The van der Waals surface area contributed by atoms with Crippen molar-refractivity contribution in [3.63, 3.8) is 0 Å². The maximum absolute atomic E-state index is 11.0. The smallest absolute Gasteiger partial charge is 0.348 e. The van der Waals surface area contributed by atoms with Crippen molar-refractivity contribution in [1.82, 2.24) is 0 Å². The lowest BCUT2D eigenvalue weighted by atomic mass is 10.3. The van der Waals surface area contributed by atoms with E-state index in [1.54, 1.807) is 0 Å². The first kappa shape index (κ1) is 12.7. The minimum absolute atomic E-state index is 0.266. The normalized spacial score (nSPS) is 8.69. The Bertz CT molecular complexity index is 281. The highest BCUT2D eigenvalue weighted by atomic mass is 79.9. The number of thiophene rings is 1. The Kier molecular flexibility index (Phi) is 5.99. The summed E-state index contributed by atoms with van der Waals surface area (Å²) in [6.45, 7) is 5.88. The van der Waals surface area contributed by atoms with Crippen LogP contribution < -0.4 is 0 Å². The molecular formula is C9H13BrO2S. The Hall–Kier alpha value is -0.350. The van der Waals surface area contributed by atoms with Crippen molar-refractivity contribution in [3.05, 3.63) is 20.3 Å². The molecule has 0 aliphatic carbocycles. The molecule has 74 valence electrons. The van der Waals surface area contributed by atoms with E-state index in [1.807, 2.05) is 26.8 Å². The van der Waals surface area contributed by atoms with E-state index >= 15 is 0 Å². The van der Waals surface area contributed by atoms with E-state index in [-0.39, 0.29) is 5.97 Å². The van der Waals surface area contributed by atoms with Gasteiger partial charge in [-0.1, -0.05) is 13.8 Å². The van der Waals surface area contributed by atoms with E-state index in [0.717, 1.165) is 9.35 Å². The summed E-state index contributed by atoms with van der Waals surface area (Å²) in [6.07, 6.45) is 0. The number of hydrogen-bond donors (Lipinski definition) is 0. The number of carbonyl (C=O) groups is 1. The van der Waals surface area contributed by atoms with E-state index < -0.39 is 0 Å². The highest BCUT2D eigenvalue weighted by molar-refractivity contribution is 9.11. The van der Waals surface area contributed by atoms with Crippen LogP contribution in [0.2, 0.25) is 0 Å². The quantitative estimate of drug-likeness (QED) is 0.725. The standard InChI is InChI=1S/C7H7BrO2S.C2H6/c1-4-3-5(8)11-6(4)7(9)10-2;1-2/h3H,1-2H3;1-2H3. The Balaban J connectivity index is 0.000000671. The second-order valence-electron chi connectivity index (χ2n) is 2.05. The van der Waals surface area contributed by atoms with Gasteiger partial charge >= 0.3 is 5.97 Å². The molecule has 0 bridgehead atoms. The largest absolute Gasteiger partial charge is 0.465 e. The summed E-state index contributed by atoms with van der Waals surface area (Å²) in [7, 11) is 1.38. The summed E-state index contributed by atoms with van der Waals surface area (Å²) < 4.78 is 5.54. The van der Waals surface area contributed by atoms with Gasteiger partial charge in [-0.3, -0.25) is 0 Å². The molecule has 1 heterocycles. The second kappa shape index (κ2) is 6.16. The zero-order chi connectivity index (χ0) is 10.4. The summed E-state index contributed by atoms with van der Waals surface area (Å²) in [5.41, 5.74) is 0.953. The number of methoxy groups -OCH3 is 1. The average molecular weight is 265 g/mol. The van der Waals surface area contributed by atoms with E-state index in [4.69, 9.17) is 0 Å². The molecule has 0 unspecified atom stereocenters. The Morgan fingerprint density at radius 3 is 2.38 bits per heavy atom. The van der Waals surface area contributed by atoms with Crippen molar-refractivity contribution in [2.45, 2.75) is 20.8 Å². The summed E-state index contributed by atoms with van der Waals surface area (Å²) in [6, 6.07) is 1.90. The van der Waals surface area contributed by atoms with Crippen LogP contribution in [0, 0.1) is 6.92 Å². The molecule has 0 N–H and O–H groups in total. The third-order valence-corrected chi connectivity index (χ3v) is 2.98. The molecule has 0 saturated carbocycles.